The second-order valence-electron chi connectivity index (χ2n) is 5.73. The van der Waals surface area contributed by atoms with Crippen molar-refractivity contribution in [3.63, 3.8) is 0 Å². The van der Waals surface area contributed by atoms with Crippen molar-refractivity contribution in [2.75, 3.05) is 59.0 Å². The minimum Gasteiger partial charge on any atom is -0.469 e. The van der Waals surface area contributed by atoms with Crippen LogP contribution < -0.4 is 5.32 Å². The van der Waals surface area contributed by atoms with Gasteiger partial charge in [-0.15, -0.1) is 24.0 Å². The molecule has 0 amide bonds. The highest BCUT2D eigenvalue weighted by Gasteiger charge is 2.36. The van der Waals surface area contributed by atoms with Gasteiger partial charge in [0.15, 0.2) is 5.96 Å². The van der Waals surface area contributed by atoms with E-state index in [-0.39, 0.29) is 54.1 Å². The van der Waals surface area contributed by atoms with E-state index in [2.05, 4.69) is 10.3 Å². The molecule has 10 heteroatoms. The predicted octanol–water partition coefficient (Wildman–Crippen LogP) is -0.0181. The van der Waals surface area contributed by atoms with Crippen molar-refractivity contribution in [1.29, 1.82) is 0 Å². The quantitative estimate of drug-likeness (QED) is 0.181. The van der Waals surface area contributed by atoms with Crippen LogP contribution in [-0.2, 0) is 24.1 Å². The highest BCUT2D eigenvalue weighted by atomic mass is 127. The summed E-state index contributed by atoms with van der Waals surface area (Å²) in [6.07, 6.45) is 1.18. The Balaban J connectivity index is 0.00000529. The van der Waals surface area contributed by atoms with Crippen molar-refractivity contribution in [2.24, 2.45) is 16.8 Å². The van der Waals surface area contributed by atoms with Gasteiger partial charge in [0.1, 0.15) is 9.84 Å². The number of nitrogens with zero attached hydrogens (tertiary/aromatic N) is 2. The van der Waals surface area contributed by atoms with Crippen LogP contribution in [0.1, 0.15) is 6.92 Å². The second-order valence-corrected chi connectivity index (χ2v) is 7.99. The van der Waals surface area contributed by atoms with Crippen molar-refractivity contribution >= 4 is 45.7 Å². The van der Waals surface area contributed by atoms with Gasteiger partial charge in [-0.05, 0) is 5.92 Å². The summed E-state index contributed by atoms with van der Waals surface area (Å²) in [5.41, 5.74) is 0. The fourth-order valence-electron chi connectivity index (χ4n) is 2.48. The van der Waals surface area contributed by atoms with Crippen LogP contribution in [0.3, 0.4) is 0 Å². The van der Waals surface area contributed by atoms with E-state index in [4.69, 9.17) is 9.47 Å². The second kappa shape index (κ2) is 11.1. The summed E-state index contributed by atoms with van der Waals surface area (Å²) in [6.45, 7) is 4.41. The van der Waals surface area contributed by atoms with E-state index in [0.717, 1.165) is 6.54 Å². The lowest BCUT2D eigenvalue weighted by molar-refractivity contribution is -0.145. The van der Waals surface area contributed by atoms with Crippen LogP contribution in [0.5, 0.6) is 0 Å². The monoisotopic (exact) mass is 477 g/mol. The average molecular weight is 477 g/mol. The molecule has 8 nitrogen and oxygen atoms in total. The van der Waals surface area contributed by atoms with Gasteiger partial charge in [-0.1, -0.05) is 6.92 Å². The Morgan fingerprint density at radius 1 is 1.33 bits per heavy atom. The Labute approximate surface area is 161 Å². The summed E-state index contributed by atoms with van der Waals surface area (Å²) in [6, 6.07) is 0. The van der Waals surface area contributed by atoms with Gasteiger partial charge in [0, 0.05) is 32.9 Å². The first-order chi connectivity index (χ1) is 10.8. The third-order valence-corrected chi connectivity index (χ3v) is 4.66. The summed E-state index contributed by atoms with van der Waals surface area (Å²) < 4.78 is 32.0. The van der Waals surface area contributed by atoms with Gasteiger partial charge in [-0.25, -0.2) is 8.42 Å². The summed E-state index contributed by atoms with van der Waals surface area (Å²) in [5, 5.41) is 3.16. The summed E-state index contributed by atoms with van der Waals surface area (Å²) in [7, 11) is 0.0954. The Morgan fingerprint density at radius 2 is 2.00 bits per heavy atom. The van der Waals surface area contributed by atoms with Gasteiger partial charge in [0.2, 0.25) is 0 Å². The number of hydrogen-bond donors (Lipinski definition) is 1. The number of carbonyl (C=O) groups excluding carboxylic acids is 1. The van der Waals surface area contributed by atoms with E-state index < -0.39 is 9.84 Å². The molecule has 1 aliphatic heterocycles. The number of likely N-dealkylation sites (tertiary alicyclic amines) is 1. The molecule has 1 fully saturated rings. The Bertz CT molecular complexity index is 527. The molecule has 1 aliphatic rings. The maximum absolute atomic E-state index is 11.7. The first-order valence-electron chi connectivity index (χ1n) is 7.57. The molecule has 0 aromatic rings. The Morgan fingerprint density at radius 3 is 2.54 bits per heavy atom. The minimum atomic E-state index is -2.99. The van der Waals surface area contributed by atoms with Gasteiger partial charge in [-0.3, -0.25) is 9.79 Å². The third-order valence-electron chi connectivity index (χ3n) is 3.76. The maximum Gasteiger partial charge on any atom is 0.310 e. The molecule has 0 aromatic carbocycles. The molecular weight excluding hydrogens is 449 g/mol. The number of carbonyl (C=O) groups is 1. The normalized spacial score (nSPS) is 21.3. The van der Waals surface area contributed by atoms with Crippen molar-refractivity contribution < 1.29 is 22.7 Å². The largest absolute Gasteiger partial charge is 0.469 e. The summed E-state index contributed by atoms with van der Waals surface area (Å²) >= 11 is 0. The van der Waals surface area contributed by atoms with E-state index >= 15 is 0 Å². The number of sulfone groups is 1. The van der Waals surface area contributed by atoms with Crippen LogP contribution >= 0.6 is 24.0 Å². The number of guanidine groups is 1. The summed E-state index contributed by atoms with van der Waals surface area (Å²) in [4.78, 5) is 17.9. The smallest absolute Gasteiger partial charge is 0.310 e. The van der Waals surface area contributed by atoms with E-state index in [9.17, 15) is 13.2 Å². The fraction of sp³-hybridized carbons (Fsp3) is 0.857. The third kappa shape index (κ3) is 7.97. The molecule has 24 heavy (non-hydrogen) atoms. The zero-order chi connectivity index (χ0) is 17.5. The molecule has 2 unspecified atom stereocenters. The Kier molecular flexibility index (Phi) is 10.8. The Hall–Kier alpha value is -0.620. The number of rotatable bonds is 7. The van der Waals surface area contributed by atoms with E-state index in [1.807, 2.05) is 11.8 Å². The average Bonchev–Trinajstić information content (AvgIpc) is 2.86. The van der Waals surface area contributed by atoms with Crippen LogP contribution in [0.2, 0.25) is 0 Å². The van der Waals surface area contributed by atoms with Crippen LogP contribution in [0.25, 0.3) is 0 Å². The van der Waals surface area contributed by atoms with Crippen molar-refractivity contribution in [1.82, 2.24) is 10.2 Å². The topological polar surface area (TPSA) is 97.3 Å². The molecule has 0 aliphatic carbocycles. The molecule has 0 aromatic heterocycles. The SMILES string of the molecule is CN=C(NCCOCCS(C)(=O)=O)N1CC(C)C(C(=O)OC)C1.I. The van der Waals surface area contributed by atoms with E-state index in [1.165, 1.54) is 13.4 Å². The lowest BCUT2D eigenvalue weighted by atomic mass is 9.99. The standard InChI is InChI=1S/C14H27N3O5S.HI/c1-11-9-17(10-12(11)13(18)21-3)14(15-2)16-5-6-22-7-8-23(4,19)20;/h11-12H,5-10H2,1-4H3,(H,15,16);1H. The van der Waals surface area contributed by atoms with Crippen LogP contribution in [0.15, 0.2) is 4.99 Å². The van der Waals surface area contributed by atoms with E-state index in [1.54, 1.807) is 7.05 Å². The van der Waals surface area contributed by atoms with E-state index in [0.29, 0.717) is 25.7 Å². The van der Waals surface area contributed by atoms with Gasteiger partial charge < -0.3 is 19.7 Å². The first-order valence-corrected chi connectivity index (χ1v) is 9.63. The highest BCUT2D eigenvalue weighted by Crippen LogP contribution is 2.23. The van der Waals surface area contributed by atoms with Gasteiger partial charge >= 0.3 is 5.97 Å². The van der Waals surface area contributed by atoms with Gasteiger partial charge in [-0.2, -0.15) is 0 Å². The van der Waals surface area contributed by atoms with Crippen LogP contribution in [0.4, 0.5) is 0 Å². The molecule has 142 valence electrons. The lowest BCUT2D eigenvalue weighted by Crippen LogP contribution is -2.42. The molecular formula is C14H28IN3O5S. The van der Waals surface area contributed by atoms with Gasteiger partial charge in [0.05, 0.1) is 32.0 Å². The molecule has 1 saturated heterocycles. The first kappa shape index (κ1) is 23.4. The van der Waals surface area contributed by atoms with Crippen molar-refractivity contribution in [2.45, 2.75) is 6.92 Å². The van der Waals surface area contributed by atoms with Crippen molar-refractivity contribution in [3.8, 4) is 0 Å². The molecule has 1 N–H and O–H groups in total. The molecule has 2 atom stereocenters. The molecule has 0 spiro atoms. The van der Waals surface area contributed by atoms with Crippen molar-refractivity contribution in [3.05, 3.63) is 0 Å². The maximum atomic E-state index is 11.7. The van der Waals surface area contributed by atoms with Crippen LogP contribution in [0, 0.1) is 11.8 Å². The minimum absolute atomic E-state index is 0. The lowest BCUT2D eigenvalue weighted by Gasteiger charge is -2.21. The predicted molar refractivity (Wildman–Crippen MR) is 104 cm³/mol. The number of methoxy groups -OCH3 is 1. The molecule has 1 rings (SSSR count). The number of aliphatic imine (C=N–C) groups is 1. The van der Waals surface area contributed by atoms with Crippen LogP contribution in [-0.4, -0.2) is 84.3 Å². The van der Waals surface area contributed by atoms with Gasteiger partial charge in [0.25, 0.3) is 0 Å². The molecule has 0 saturated carbocycles. The number of hydrogen-bond acceptors (Lipinski definition) is 6. The summed E-state index contributed by atoms with van der Waals surface area (Å²) in [5.74, 6) is 0.581. The number of halogens is 1. The number of esters is 1. The highest BCUT2D eigenvalue weighted by molar-refractivity contribution is 14.0. The zero-order valence-electron chi connectivity index (χ0n) is 14.6. The molecule has 0 radical (unpaired) electrons. The number of ether oxygens (including phenoxy) is 2. The number of nitrogens with one attached hydrogen (secondary N) is 1. The fourth-order valence-corrected chi connectivity index (χ4v) is 2.90. The molecule has 1 heterocycles. The molecule has 0 bridgehead atoms. The zero-order valence-corrected chi connectivity index (χ0v) is 17.8.